The van der Waals surface area contributed by atoms with E-state index in [4.69, 9.17) is 16.3 Å². The number of benzene rings is 1. The molecule has 0 N–H and O–H groups in total. The van der Waals surface area contributed by atoms with Gasteiger partial charge in [0.05, 0.1) is 12.5 Å². The first-order chi connectivity index (χ1) is 13.1. The maximum absolute atomic E-state index is 12.8. The van der Waals surface area contributed by atoms with Crippen molar-refractivity contribution < 1.29 is 14.3 Å². The minimum Gasteiger partial charge on any atom is -0.466 e. The zero-order valence-corrected chi connectivity index (χ0v) is 16.8. The Bertz CT molecular complexity index is 651. The van der Waals surface area contributed by atoms with E-state index in [1.165, 1.54) is 5.56 Å². The summed E-state index contributed by atoms with van der Waals surface area (Å²) in [5.41, 5.74) is 1.22. The molecule has 0 unspecified atom stereocenters. The SMILES string of the molecule is CCOC(=O)C1CCN(C(=O)C2CCN(Cc3cccc(Cl)c3)CC2)CC1. The number of likely N-dealkylation sites (tertiary alicyclic amines) is 2. The van der Waals surface area contributed by atoms with Crippen molar-refractivity contribution in [2.45, 2.75) is 39.2 Å². The monoisotopic (exact) mass is 392 g/mol. The minimum atomic E-state index is -0.112. The number of hydrogen-bond acceptors (Lipinski definition) is 4. The highest BCUT2D eigenvalue weighted by molar-refractivity contribution is 6.30. The molecule has 0 radical (unpaired) electrons. The molecule has 1 aromatic carbocycles. The van der Waals surface area contributed by atoms with E-state index in [0.717, 1.165) is 50.3 Å². The molecule has 3 rings (SSSR count). The summed E-state index contributed by atoms with van der Waals surface area (Å²) < 4.78 is 5.11. The van der Waals surface area contributed by atoms with Crippen LogP contribution < -0.4 is 0 Å². The van der Waals surface area contributed by atoms with E-state index < -0.39 is 0 Å². The molecule has 0 aliphatic carbocycles. The summed E-state index contributed by atoms with van der Waals surface area (Å²) in [6, 6.07) is 7.97. The average Bonchev–Trinajstić information content (AvgIpc) is 2.68. The molecular weight excluding hydrogens is 364 g/mol. The number of carbonyl (C=O) groups excluding carboxylic acids is 2. The van der Waals surface area contributed by atoms with Crippen molar-refractivity contribution >= 4 is 23.5 Å². The molecule has 2 aliphatic rings. The fraction of sp³-hybridized carbons (Fsp3) is 0.619. The molecule has 0 atom stereocenters. The molecule has 0 spiro atoms. The lowest BCUT2D eigenvalue weighted by Crippen LogP contribution is -2.46. The van der Waals surface area contributed by atoms with Crippen LogP contribution in [0.25, 0.3) is 0 Å². The van der Waals surface area contributed by atoms with Gasteiger partial charge in [-0.3, -0.25) is 14.5 Å². The fourth-order valence-corrected chi connectivity index (χ4v) is 4.30. The highest BCUT2D eigenvalue weighted by atomic mass is 35.5. The number of carbonyl (C=O) groups is 2. The molecule has 148 valence electrons. The van der Waals surface area contributed by atoms with Crippen molar-refractivity contribution in [3.63, 3.8) is 0 Å². The highest BCUT2D eigenvalue weighted by Crippen LogP contribution is 2.25. The smallest absolute Gasteiger partial charge is 0.309 e. The van der Waals surface area contributed by atoms with Gasteiger partial charge in [-0.05, 0) is 63.4 Å². The average molecular weight is 393 g/mol. The van der Waals surface area contributed by atoms with Crippen LogP contribution in [-0.4, -0.2) is 54.5 Å². The van der Waals surface area contributed by atoms with Gasteiger partial charge in [-0.1, -0.05) is 23.7 Å². The van der Waals surface area contributed by atoms with Gasteiger partial charge in [0, 0.05) is 30.6 Å². The first-order valence-electron chi connectivity index (χ1n) is 9.99. The number of ether oxygens (including phenoxy) is 1. The van der Waals surface area contributed by atoms with Gasteiger partial charge >= 0.3 is 5.97 Å². The molecule has 1 aromatic rings. The van der Waals surface area contributed by atoms with Gasteiger partial charge in [0.1, 0.15) is 0 Å². The third kappa shape index (κ3) is 5.45. The van der Waals surface area contributed by atoms with Gasteiger partial charge < -0.3 is 9.64 Å². The largest absolute Gasteiger partial charge is 0.466 e. The fourth-order valence-electron chi connectivity index (χ4n) is 4.09. The molecule has 6 heteroatoms. The van der Waals surface area contributed by atoms with Crippen molar-refractivity contribution in [3.05, 3.63) is 34.9 Å². The summed E-state index contributed by atoms with van der Waals surface area (Å²) in [7, 11) is 0. The zero-order chi connectivity index (χ0) is 19.2. The van der Waals surface area contributed by atoms with Gasteiger partial charge in [-0.25, -0.2) is 0 Å². The van der Waals surface area contributed by atoms with E-state index in [2.05, 4.69) is 11.0 Å². The van der Waals surface area contributed by atoms with Crippen LogP contribution in [0.4, 0.5) is 0 Å². The summed E-state index contributed by atoms with van der Waals surface area (Å²) in [4.78, 5) is 29.0. The molecule has 0 aromatic heterocycles. The van der Waals surface area contributed by atoms with Crippen molar-refractivity contribution in [1.29, 1.82) is 0 Å². The van der Waals surface area contributed by atoms with E-state index in [1.807, 2.05) is 30.0 Å². The third-order valence-electron chi connectivity index (χ3n) is 5.66. The second kappa shape index (κ2) is 9.56. The Labute approximate surface area is 166 Å². The first-order valence-corrected chi connectivity index (χ1v) is 10.4. The first kappa shape index (κ1) is 20.2. The predicted octanol–water partition coefficient (Wildman–Crippen LogP) is 3.35. The molecule has 5 nitrogen and oxygen atoms in total. The number of halogens is 1. The third-order valence-corrected chi connectivity index (χ3v) is 5.89. The van der Waals surface area contributed by atoms with E-state index in [1.54, 1.807) is 0 Å². The molecule has 0 bridgehead atoms. The Morgan fingerprint density at radius 2 is 1.74 bits per heavy atom. The molecule has 0 saturated carbocycles. The number of piperidine rings is 2. The molecule has 2 fully saturated rings. The van der Waals surface area contributed by atoms with Crippen LogP contribution in [0.3, 0.4) is 0 Å². The summed E-state index contributed by atoms with van der Waals surface area (Å²) in [6.45, 7) is 6.34. The van der Waals surface area contributed by atoms with Crippen molar-refractivity contribution in [2.75, 3.05) is 32.8 Å². The quantitative estimate of drug-likeness (QED) is 0.721. The van der Waals surface area contributed by atoms with Crippen LogP contribution in [-0.2, 0) is 20.9 Å². The lowest BCUT2D eigenvalue weighted by Gasteiger charge is -2.36. The van der Waals surface area contributed by atoms with E-state index >= 15 is 0 Å². The standard InChI is InChI=1S/C21H29ClN2O3/c1-2-27-21(26)18-8-12-24(13-9-18)20(25)17-6-10-23(11-7-17)15-16-4-3-5-19(22)14-16/h3-5,14,17-18H,2,6-13,15H2,1H3. The Hall–Kier alpha value is -1.59. The molecule has 2 heterocycles. The lowest BCUT2D eigenvalue weighted by atomic mass is 9.92. The van der Waals surface area contributed by atoms with Gasteiger partial charge in [0.2, 0.25) is 5.91 Å². The van der Waals surface area contributed by atoms with E-state index in [0.29, 0.717) is 19.7 Å². The van der Waals surface area contributed by atoms with Crippen LogP contribution >= 0.6 is 11.6 Å². The lowest BCUT2D eigenvalue weighted by molar-refractivity contribution is -0.152. The van der Waals surface area contributed by atoms with E-state index in [9.17, 15) is 9.59 Å². The van der Waals surface area contributed by atoms with Crippen LogP contribution in [0.5, 0.6) is 0 Å². The molecule has 2 saturated heterocycles. The summed E-state index contributed by atoms with van der Waals surface area (Å²) in [6.07, 6.45) is 3.24. The normalized spacial score (nSPS) is 19.9. The van der Waals surface area contributed by atoms with E-state index in [-0.39, 0.29) is 23.7 Å². The van der Waals surface area contributed by atoms with Crippen molar-refractivity contribution in [3.8, 4) is 0 Å². The van der Waals surface area contributed by atoms with Crippen LogP contribution in [0.1, 0.15) is 38.2 Å². The summed E-state index contributed by atoms with van der Waals surface area (Å²) in [5, 5.41) is 0.767. The van der Waals surface area contributed by atoms with Gasteiger partial charge in [-0.15, -0.1) is 0 Å². The maximum Gasteiger partial charge on any atom is 0.309 e. The maximum atomic E-state index is 12.8. The zero-order valence-electron chi connectivity index (χ0n) is 16.0. The number of esters is 1. The van der Waals surface area contributed by atoms with Gasteiger partial charge in [0.25, 0.3) is 0 Å². The molecule has 2 aliphatic heterocycles. The van der Waals surface area contributed by atoms with Crippen LogP contribution in [0, 0.1) is 11.8 Å². The molecule has 27 heavy (non-hydrogen) atoms. The minimum absolute atomic E-state index is 0.0476. The Morgan fingerprint density at radius 3 is 2.37 bits per heavy atom. The van der Waals surface area contributed by atoms with Crippen LogP contribution in [0.2, 0.25) is 5.02 Å². The molecular formula is C21H29ClN2O3. The topological polar surface area (TPSA) is 49.9 Å². The Balaban J connectivity index is 1.43. The number of rotatable bonds is 5. The van der Waals surface area contributed by atoms with Gasteiger partial charge in [-0.2, -0.15) is 0 Å². The Morgan fingerprint density at radius 1 is 1.07 bits per heavy atom. The second-order valence-corrected chi connectivity index (χ2v) is 7.97. The second-order valence-electron chi connectivity index (χ2n) is 7.53. The number of hydrogen-bond donors (Lipinski definition) is 0. The summed E-state index contributed by atoms with van der Waals surface area (Å²) >= 11 is 6.06. The predicted molar refractivity (Wildman–Crippen MR) is 105 cm³/mol. The van der Waals surface area contributed by atoms with Crippen molar-refractivity contribution in [2.24, 2.45) is 11.8 Å². The van der Waals surface area contributed by atoms with Crippen LogP contribution in [0.15, 0.2) is 24.3 Å². The van der Waals surface area contributed by atoms with Crippen molar-refractivity contribution in [1.82, 2.24) is 9.80 Å². The summed E-state index contributed by atoms with van der Waals surface area (Å²) in [5.74, 6) is 0.215. The Kier molecular flexibility index (Phi) is 7.13. The number of amides is 1. The molecule has 1 amide bonds. The number of nitrogens with zero attached hydrogens (tertiary/aromatic N) is 2. The van der Waals surface area contributed by atoms with Gasteiger partial charge in [0.15, 0.2) is 0 Å². The highest BCUT2D eigenvalue weighted by Gasteiger charge is 2.32.